The molecule has 0 aromatic carbocycles. The topological polar surface area (TPSA) is 112 Å². The summed E-state index contributed by atoms with van der Waals surface area (Å²) in [7, 11) is 1.86. The van der Waals surface area contributed by atoms with Crippen molar-refractivity contribution in [2.24, 2.45) is 13.0 Å². The van der Waals surface area contributed by atoms with Crippen LogP contribution < -0.4 is 10.6 Å². The maximum atomic E-state index is 12.0. The number of amides is 1. The first-order valence-electron chi connectivity index (χ1n) is 10.7. The molecule has 10 heteroatoms. The number of fused-ring (bicyclic) bond motifs is 1. The van der Waals surface area contributed by atoms with Gasteiger partial charge in [0, 0.05) is 32.0 Å². The Balaban J connectivity index is 1.35. The van der Waals surface area contributed by atoms with E-state index in [-0.39, 0.29) is 12.1 Å². The van der Waals surface area contributed by atoms with E-state index >= 15 is 0 Å². The molecule has 166 valence electrons. The normalized spacial score (nSPS) is 19.4. The monoisotopic (exact) mass is 426 g/mol. The molecular weight excluding hydrogens is 396 g/mol. The van der Waals surface area contributed by atoms with Gasteiger partial charge in [0.15, 0.2) is 5.65 Å². The molecule has 3 aromatic rings. The van der Waals surface area contributed by atoms with Crippen LogP contribution in [0.25, 0.3) is 11.0 Å². The van der Waals surface area contributed by atoms with Crippen LogP contribution >= 0.6 is 0 Å². The minimum atomic E-state index is -0.477. The quantitative estimate of drug-likeness (QED) is 0.643. The first kappa shape index (κ1) is 21.1. The summed E-state index contributed by atoms with van der Waals surface area (Å²) >= 11 is 0. The molecule has 31 heavy (non-hydrogen) atoms. The Morgan fingerprint density at radius 1 is 1.16 bits per heavy atom. The zero-order chi connectivity index (χ0) is 22.0. The third kappa shape index (κ3) is 5.50. The summed E-state index contributed by atoms with van der Waals surface area (Å²) in [5.74, 6) is 1.01. The standard InChI is InChI=1S/C21H30N8O2/c1-21(2,3)31-20(30)26-16-7-5-14(6-8-16)12-29-18-15(10-24-29)9-22-19(27-18)25-17-11-23-28(4)13-17/h9-11,13-14,16H,5-8,12H2,1-4H3,(H,26,30)(H,22,25,27)/t14-,16-. The zero-order valence-corrected chi connectivity index (χ0v) is 18.5. The fourth-order valence-corrected chi connectivity index (χ4v) is 3.88. The van der Waals surface area contributed by atoms with Gasteiger partial charge in [-0.3, -0.25) is 4.68 Å². The fraction of sp³-hybridized carbons (Fsp3) is 0.571. The molecule has 3 aromatic heterocycles. The van der Waals surface area contributed by atoms with Crippen LogP contribution in [0.5, 0.6) is 0 Å². The molecule has 0 aliphatic heterocycles. The molecule has 1 aliphatic rings. The summed E-state index contributed by atoms with van der Waals surface area (Å²) < 4.78 is 9.04. The summed E-state index contributed by atoms with van der Waals surface area (Å²) in [6.07, 6.45) is 10.8. The number of rotatable bonds is 5. The number of alkyl carbamates (subject to hydrolysis) is 1. The van der Waals surface area contributed by atoms with E-state index < -0.39 is 5.60 Å². The van der Waals surface area contributed by atoms with Crippen LogP contribution in [-0.2, 0) is 18.3 Å². The molecule has 0 radical (unpaired) electrons. The fourth-order valence-electron chi connectivity index (χ4n) is 3.88. The molecule has 2 N–H and O–H groups in total. The Morgan fingerprint density at radius 2 is 1.94 bits per heavy atom. The number of carbonyl (C=O) groups is 1. The van der Waals surface area contributed by atoms with Gasteiger partial charge in [-0.25, -0.2) is 14.5 Å². The number of hydrogen-bond donors (Lipinski definition) is 2. The predicted octanol–water partition coefficient (Wildman–Crippen LogP) is 3.39. The molecule has 0 unspecified atom stereocenters. The number of aromatic nitrogens is 6. The highest BCUT2D eigenvalue weighted by atomic mass is 16.6. The van der Waals surface area contributed by atoms with Gasteiger partial charge in [0.1, 0.15) is 5.60 Å². The van der Waals surface area contributed by atoms with Gasteiger partial charge in [0.2, 0.25) is 5.95 Å². The van der Waals surface area contributed by atoms with Crippen LogP contribution in [0, 0.1) is 5.92 Å². The zero-order valence-electron chi connectivity index (χ0n) is 18.5. The molecule has 3 heterocycles. The Morgan fingerprint density at radius 3 is 2.61 bits per heavy atom. The molecule has 0 atom stereocenters. The van der Waals surface area contributed by atoms with Crippen molar-refractivity contribution in [3.8, 4) is 0 Å². The first-order valence-corrected chi connectivity index (χ1v) is 10.7. The molecule has 1 saturated carbocycles. The lowest BCUT2D eigenvalue weighted by atomic mass is 9.86. The van der Waals surface area contributed by atoms with Gasteiger partial charge in [-0.05, 0) is 52.4 Å². The van der Waals surface area contributed by atoms with Gasteiger partial charge in [0.25, 0.3) is 0 Å². The van der Waals surface area contributed by atoms with E-state index in [0.29, 0.717) is 11.9 Å². The number of carbonyl (C=O) groups excluding carboxylic acids is 1. The van der Waals surface area contributed by atoms with Crippen molar-refractivity contribution in [3.63, 3.8) is 0 Å². The Labute approximate surface area is 181 Å². The Kier molecular flexibility index (Phi) is 5.79. The maximum absolute atomic E-state index is 12.0. The minimum absolute atomic E-state index is 0.165. The van der Waals surface area contributed by atoms with E-state index in [1.54, 1.807) is 23.3 Å². The number of anilines is 2. The SMILES string of the molecule is Cn1cc(Nc2ncc3cnn(C[C@H]4CC[C@H](NC(=O)OC(C)(C)C)CC4)c3n2)cn1. The summed E-state index contributed by atoms with van der Waals surface area (Å²) in [4.78, 5) is 21.0. The molecular formula is C21H30N8O2. The van der Waals surface area contributed by atoms with E-state index in [1.165, 1.54) is 0 Å². The van der Waals surface area contributed by atoms with E-state index in [0.717, 1.165) is 48.9 Å². The second kappa shape index (κ2) is 8.52. The number of nitrogens with zero attached hydrogens (tertiary/aromatic N) is 6. The lowest BCUT2D eigenvalue weighted by Crippen LogP contribution is -2.41. The smallest absolute Gasteiger partial charge is 0.407 e. The number of ether oxygens (including phenoxy) is 1. The molecule has 4 rings (SSSR count). The Hall–Kier alpha value is -3.17. The number of nitrogens with one attached hydrogen (secondary N) is 2. The van der Waals surface area contributed by atoms with Crippen LogP contribution in [0.4, 0.5) is 16.4 Å². The van der Waals surface area contributed by atoms with Crippen molar-refractivity contribution in [2.45, 2.75) is 64.6 Å². The van der Waals surface area contributed by atoms with Crippen molar-refractivity contribution in [3.05, 3.63) is 24.8 Å². The van der Waals surface area contributed by atoms with Gasteiger partial charge in [-0.1, -0.05) is 0 Å². The largest absolute Gasteiger partial charge is 0.444 e. The summed E-state index contributed by atoms with van der Waals surface area (Å²) in [6.45, 7) is 6.42. The average molecular weight is 427 g/mol. The van der Waals surface area contributed by atoms with Gasteiger partial charge in [-0.2, -0.15) is 15.2 Å². The van der Waals surface area contributed by atoms with Crippen molar-refractivity contribution in [2.75, 3.05) is 5.32 Å². The molecule has 1 fully saturated rings. The van der Waals surface area contributed by atoms with Crippen molar-refractivity contribution >= 4 is 28.8 Å². The van der Waals surface area contributed by atoms with Crippen molar-refractivity contribution in [1.29, 1.82) is 0 Å². The lowest BCUT2D eigenvalue weighted by Gasteiger charge is -2.30. The van der Waals surface area contributed by atoms with Crippen LogP contribution in [0.1, 0.15) is 46.5 Å². The van der Waals surface area contributed by atoms with Crippen LogP contribution in [0.15, 0.2) is 24.8 Å². The minimum Gasteiger partial charge on any atom is -0.444 e. The lowest BCUT2D eigenvalue weighted by molar-refractivity contribution is 0.0486. The molecule has 1 amide bonds. The van der Waals surface area contributed by atoms with Crippen LogP contribution in [-0.4, -0.2) is 47.3 Å². The summed E-state index contributed by atoms with van der Waals surface area (Å²) in [6, 6.07) is 0.165. The van der Waals surface area contributed by atoms with Gasteiger partial charge in [-0.15, -0.1) is 0 Å². The van der Waals surface area contributed by atoms with Gasteiger partial charge in [0.05, 0.1) is 23.5 Å². The van der Waals surface area contributed by atoms with E-state index in [2.05, 4.69) is 30.8 Å². The second-order valence-electron chi connectivity index (χ2n) is 9.19. The third-order valence-electron chi connectivity index (χ3n) is 5.34. The number of hydrogen-bond acceptors (Lipinski definition) is 7. The first-order chi connectivity index (χ1) is 14.7. The molecule has 0 saturated heterocycles. The van der Waals surface area contributed by atoms with Crippen LogP contribution in [0.2, 0.25) is 0 Å². The van der Waals surface area contributed by atoms with Crippen LogP contribution in [0.3, 0.4) is 0 Å². The maximum Gasteiger partial charge on any atom is 0.407 e. The third-order valence-corrected chi connectivity index (χ3v) is 5.34. The predicted molar refractivity (Wildman–Crippen MR) is 117 cm³/mol. The Bertz CT molecular complexity index is 1040. The second-order valence-corrected chi connectivity index (χ2v) is 9.19. The molecule has 10 nitrogen and oxygen atoms in total. The van der Waals surface area contributed by atoms with E-state index in [9.17, 15) is 4.79 Å². The summed E-state index contributed by atoms with van der Waals surface area (Å²) in [5.41, 5.74) is 1.17. The highest BCUT2D eigenvalue weighted by molar-refractivity contribution is 5.75. The van der Waals surface area contributed by atoms with Gasteiger partial charge < -0.3 is 15.4 Å². The van der Waals surface area contributed by atoms with E-state index in [4.69, 9.17) is 4.74 Å². The number of aryl methyl sites for hydroxylation is 1. The average Bonchev–Trinajstić information content (AvgIpc) is 3.28. The molecule has 0 bridgehead atoms. The highest BCUT2D eigenvalue weighted by Crippen LogP contribution is 2.27. The molecule has 0 spiro atoms. The van der Waals surface area contributed by atoms with E-state index in [1.807, 2.05) is 38.7 Å². The van der Waals surface area contributed by atoms with Crippen molar-refractivity contribution < 1.29 is 9.53 Å². The van der Waals surface area contributed by atoms with Crippen molar-refractivity contribution in [1.82, 2.24) is 34.8 Å². The highest BCUT2D eigenvalue weighted by Gasteiger charge is 2.25. The molecule has 1 aliphatic carbocycles. The van der Waals surface area contributed by atoms with Gasteiger partial charge >= 0.3 is 6.09 Å². The summed E-state index contributed by atoms with van der Waals surface area (Å²) in [5, 5.41) is 15.8.